The number of carbonyl (C=O) groups is 3. The van der Waals surface area contributed by atoms with Gasteiger partial charge in [-0.3, -0.25) is 19.3 Å². The maximum Gasteiger partial charge on any atom is 0.294 e. The number of carbonyl (C=O) groups excluding carboxylic acids is 3. The fourth-order valence-corrected chi connectivity index (χ4v) is 4.42. The maximum absolute atomic E-state index is 12.7. The highest BCUT2D eigenvalue weighted by Crippen LogP contribution is 2.35. The summed E-state index contributed by atoms with van der Waals surface area (Å²) in [6.07, 6.45) is 1.47. The van der Waals surface area contributed by atoms with Crippen molar-refractivity contribution in [2.45, 2.75) is 6.92 Å². The van der Waals surface area contributed by atoms with E-state index >= 15 is 0 Å². The Morgan fingerprint density at radius 2 is 1.94 bits per heavy atom. The number of rotatable bonds is 5. The van der Waals surface area contributed by atoms with Crippen molar-refractivity contribution in [3.05, 3.63) is 80.9 Å². The molecule has 0 bridgehead atoms. The van der Waals surface area contributed by atoms with Crippen LogP contribution in [-0.2, 0) is 9.59 Å². The van der Waals surface area contributed by atoms with Gasteiger partial charge in [0.25, 0.3) is 11.1 Å². The Hall–Kier alpha value is -3.00. The van der Waals surface area contributed by atoms with Gasteiger partial charge in [-0.2, -0.15) is 0 Å². The number of aryl methyl sites for hydroxylation is 1. The average Bonchev–Trinajstić information content (AvgIpc) is 3.28. The second-order valence-electron chi connectivity index (χ2n) is 7.01. The minimum Gasteiger partial charge on any atom is -0.457 e. The third-order valence-corrected chi connectivity index (χ3v) is 6.03. The number of imide groups is 1. The maximum atomic E-state index is 12.7. The van der Waals surface area contributed by atoms with Crippen molar-refractivity contribution in [1.29, 1.82) is 0 Å². The third kappa shape index (κ3) is 4.91. The van der Waals surface area contributed by atoms with Crippen LogP contribution in [0.5, 0.6) is 0 Å². The minimum atomic E-state index is -0.554. The molecule has 0 unspecified atom stereocenters. The monoisotopic (exact) mass is 486 g/mol. The van der Waals surface area contributed by atoms with Crippen molar-refractivity contribution in [2.24, 2.45) is 0 Å². The Bertz CT molecular complexity index is 1270. The number of hydrogen-bond acceptors (Lipinski definition) is 5. The van der Waals surface area contributed by atoms with Gasteiger partial charge >= 0.3 is 0 Å². The number of thioether (sulfide) groups is 1. The molecule has 2 heterocycles. The number of amides is 3. The van der Waals surface area contributed by atoms with E-state index in [1.165, 1.54) is 6.08 Å². The summed E-state index contributed by atoms with van der Waals surface area (Å²) in [6, 6.07) is 15.6. The van der Waals surface area contributed by atoms with Crippen LogP contribution in [0.15, 0.2) is 63.9 Å². The molecule has 1 fully saturated rings. The fourth-order valence-electron chi connectivity index (χ4n) is 3.10. The standard InChI is InChI=1S/C23H16Cl2N2O4S/c1-13-3-2-4-15(9-13)26-21(28)12-27-22(29)20(32-23(27)30)11-16-6-8-19(31-16)17-7-5-14(24)10-18(17)25/h2-11H,12H2,1H3,(H,26,28). The lowest BCUT2D eigenvalue weighted by Gasteiger charge is -2.12. The Labute approximate surface area is 198 Å². The Morgan fingerprint density at radius 3 is 2.69 bits per heavy atom. The zero-order chi connectivity index (χ0) is 22.8. The largest absolute Gasteiger partial charge is 0.457 e. The van der Waals surface area contributed by atoms with E-state index in [1.807, 2.05) is 19.1 Å². The molecule has 1 saturated heterocycles. The molecule has 6 nitrogen and oxygen atoms in total. The molecule has 3 amide bonds. The first kappa shape index (κ1) is 22.2. The molecule has 0 aliphatic carbocycles. The van der Waals surface area contributed by atoms with Crippen molar-refractivity contribution in [3.63, 3.8) is 0 Å². The van der Waals surface area contributed by atoms with E-state index in [2.05, 4.69) is 5.32 Å². The molecule has 9 heteroatoms. The third-order valence-electron chi connectivity index (χ3n) is 4.57. The van der Waals surface area contributed by atoms with E-state index in [0.717, 1.165) is 22.2 Å². The lowest BCUT2D eigenvalue weighted by Crippen LogP contribution is -2.36. The summed E-state index contributed by atoms with van der Waals surface area (Å²) >= 11 is 12.9. The summed E-state index contributed by atoms with van der Waals surface area (Å²) in [4.78, 5) is 38.4. The summed E-state index contributed by atoms with van der Waals surface area (Å²) in [5.41, 5.74) is 2.23. The molecule has 162 valence electrons. The molecule has 0 radical (unpaired) electrons. The molecular formula is C23H16Cl2N2O4S. The Morgan fingerprint density at radius 1 is 1.12 bits per heavy atom. The van der Waals surface area contributed by atoms with Crippen LogP contribution in [0.4, 0.5) is 10.5 Å². The van der Waals surface area contributed by atoms with Crippen LogP contribution in [0.1, 0.15) is 11.3 Å². The number of halogens is 2. The van der Waals surface area contributed by atoms with Crippen molar-refractivity contribution in [1.82, 2.24) is 4.90 Å². The summed E-state index contributed by atoms with van der Waals surface area (Å²) < 4.78 is 5.76. The van der Waals surface area contributed by atoms with Crippen LogP contribution in [0.3, 0.4) is 0 Å². The number of benzene rings is 2. The van der Waals surface area contributed by atoms with Gasteiger partial charge in [0, 0.05) is 22.3 Å². The molecule has 2 aromatic carbocycles. The van der Waals surface area contributed by atoms with E-state index in [1.54, 1.807) is 42.5 Å². The van der Waals surface area contributed by atoms with Crippen molar-refractivity contribution in [3.8, 4) is 11.3 Å². The molecule has 3 aromatic rings. The first-order valence-corrected chi connectivity index (χ1v) is 11.0. The lowest BCUT2D eigenvalue weighted by atomic mass is 10.2. The van der Waals surface area contributed by atoms with Gasteiger partial charge < -0.3 is 9.73 Å². The predicted octanol–water partition coefficient (Wildman–Crippen LogP) is 6.24. The molecule has 32 heavy (non-hydrogen) atoms. The first-order valence-electron chi connectivity index (χ1n) is 9.47. The summed E-state index contributed by atoms with van der Waals surface area (Å²) in [6.45, 7) is 1.53. The molecule has 0 saturated carbocycles. The van der Waals surface area contributed by atoms with E-state index in [-0.39, 0.29) is 11.4 Å². The number of nitrogens with one attached hydrogen (secondary N) is 1. The van der Waals surface area contributed by atoms with Gasteiger partial charge in [0.15, 0.2) is 0 Å². The summed E-state index contributed by atoms with van der Waals surface area (Å²) in [5.74, 6) is -0.144. The van der Waals surface area contributed by atoms with Crippen molar-refractivity contribution in [2.75, 3.05) is 11.9 Å². The summed E-state index contributed by atoms with van der Waals surface area (Å²) in [5, 5.41) is 3.11. The van der Waals surface area contributed by atoms with Gasteiger partial charge in [0.05, 0.1) is 9.93 Å². The number of hydrogen-bond donors (Lipinski definition) is 1. The molecule has 1 aliphatic heterocycles. The zero-order valence-corrected chi connectivity index (χ0v) is 19.1. The molecule has 0 spiro atoms. The van der Waals surface area contributed by atoms with Gasteiger partial charge in [-0.1, -0.05) is 35.3 Å². The number of furan rings is 1. The zero-order valence-electron chi connectivity index (χ0n) is 16.7. The van der Waals surface area contributed by atoms with Crippen LogP contribution in [0.25, 0.3) is 17.4 Å². The molecule has 0 atom stereocenters. The second-order valence-corrected chi connectivity index (χ2v) is 8.85. The smallest absolute Gasteiger partial charge is 0.294 e. The van der Waals surface area contributed by atoms with E-state index in [9.17, 15) is 14.4 Å². The Balaban J connectivity index is 1.46. The minimum absolute atomic E-state index is 0.168. The second kappa shape index (κ2) is 9.24. The highest BCUT2D eigenvalue weighted by atomic mass is 35.5. The van der Waals surface area contributed by atoms with Gasteiger partial charge in [-0.15, -0.1) is 0 Å². The van der Waals surface area contributed by atoms with Crippen LogP contribution in [0.2, 0.25) is 10.0 Å². The van der Waals surface area contributed by atoms with Gasteiger partial charge in [0.2, 0.25) is 5.91 Å². The van der Waals surface area contributed by atoms with Crippen LogP contribution >= 0.6 is 35.0 Å². The highest BCUT2D eigenvalue weighted by Gasteiger charge is 2.36. The SMILES string of the molecule is Cc1cccc(NC(=O)CN2C(=O)SC(=Cc3ccc(-c4ccc(Cl)cc4Cl)o3)C2=O)c1. The number of anilines is 1. The lowest BCUT2D eigenvalue weighted by molar-refractivity contribution is -0.127. The van der Waals surface area contributed by atoms with Gasteiger partial charge in [-0.05, 0) is 66.7 Å². The molecule has 1 aromatic heterocycles. The van der Waals surface area contributed by atoms with Gasteiger partial charge in [-0.25, -0.2) is 0 Å². The first-order chi connectivity index (χ1) is 15.3. The van der Waals surface area contributed by atoms with E-state index < -0.39 is 17.1 Å². The Kier molecular flexibility index (Phi) is 6.41. The predicted molar refractivity (Wildman–Crippen MR) is 127 cm³/mol. The average molecular weight is 487 g/mol. The summed E-state index contributed by atoms with van der Waals surface area (Å²) in [7, 11) is 0. The van der Waals surface area contributed by atoms with Crippen molar-refractivity contribution >= 4 is 63.8 Å². The van der Waals surface area contributed by atoms with Crippen molar-refractivity contribution < 1.29 is 18.8 Å². The molecule has 1 aliphatic rings. The van der Waals surface area contributed by atoms with Gasteiger partial charge in [0.1, 0.15) is 18.1 Å². The van der Waals surface area contributed by atoms with Crippen LogP contribution < -0.4 is 5.32 Å². The fraction of sp³-hybridized carbons (Fsp3) is 0.0870. The van der Waals surface area contributed by atoms with E-state index in [0.29, 0.717) is 32.8 Å². The highest BCUT2D eigenvalue weighted by molar-refractivity contribution is 8.18. The quantitative estimate of drug-likeness (QED) is 0.431. The van der Waals surface area contributed by atoms with E-state index in [4.69, 9.17) is 27.6 Å². The molecular weight excluding hydrogens is 471 g/mol. The topological polar surface area (TPSA) is 79.6 Å². The molecule has 4 rings (SSSR count). The normalized spacial score (nSPS) is 15.0. The number of nitrogens with zero attached hydrogens (tertiary/aromatic N) is 1. The van der Waals surface area contributed by atoms with Crippen LogP contribution in [-0.4, -0.2) is 28.5 Å². The molecule has 1 N–H and O–H groups in total. The van der Waals surface area contributed by atoms with Crippen LogP contribution in [0, 0.1) is 6.92 Å².